The van der Waals surface area contributed by atoms with E-state index in [1.807, 2.05) is 43.3 Å². The molecule has 92 valence electrons. The summed E-state index contributed by atoms with van der Waals surface area (Å²) in [4.78, 5) is 11.5. The average molecular weight is 279 g/mol. The second kappa shape index (κ2) is 5.55. The molecule has 0 aliphatic heterocycles. The van der Waals surface area contributed by atoms with E-state index < -0.39 is 0 Å². The van der Waals surface area contributed by atoms with Crippen LogP contribution in [-0.2, 0) is 0 Å². The van der Waals surface area contributed by atoms with Crippen molar-refractivity contribution in [3.8, 4) is 11.1 Å². The fourth-order valence-electron chi connectivity index (χ4n) is 1.77. The van der Waals surface area contributed by atoms with Gasteiger partial charge < -0.3 is 0 Å². The SMILES string of the molecule is CCC(=O)c1ccc(-c2cc(Cl)cc(Cl)c2)cc1. The van der Waals surface area contributed by atoms with Gasteiger partial charge in [-0.2, -0.15) is 0 Å². The highest BCUT2D eigenvalue weighted by molar-refractivity contribution is 6.35. The molecule has 0 unspecified atom stereocenters. The second-order valence-electron chi connectivity index (χ2n) is 4.01. The van der Waals surface area contributed by atoms with Crippen molar-refractivity contribution in [2.75, 3.05) is 0 Å². The van der Waals surface area contributed by atoms with E-state index in [9.17, 15) is 4.79 Å². The molecule has 0 heterocycles. The summed E-state index contributed by atoms with van der Waals surface area (Å²) >= 11 is 11.9. The van der Waals surface area contributed by atoms with Crippen molar-refractivity contribution in [3.63, 3.8) is 0 Å². The third-order valence-corrected chi connectivity index (χ3v) is 3.16. The largest absolute Gasteiger partial charge is 0.294 e. The van der Waals surface area contributed by atoms with Crippen LogP contribution in [0.15, 0.2) is 42.5 Å². The van der Waals surface area contributed by atoms with E-state index in [-0.39, 0.29) is 5.78 Å². The monoisotopic (exact) mass is 278 g/mol. The van der Waals surface area contributed by atoms with Crippen LogP contribution in [0.5, 0.6) is 0 Å². The highest BCUT2D eigenvalue weighted by atomic mass is 35.5. The molecular weight excluding hydrogens is 267 g/mol. The maximum absolute atomic E-state index is 11.5. The van der Waals surface area contributed by atoms with Crippen LogP contribution in [0.2, 0.25) is 10.0 Å². The van der Waals surface area contributed by atoms with Crippen LogP contribution < -0.4 is 0 Å². The molecule has 0 saturated carbocycles. The van der Waals surface area contributed by atoms with E-state index in [0.717, 1.165) is 16.7 Å². The molecule has 0 amide bonds. The van der Waals surface area contributed by atoms with Crippen molar-refractivity contribution >= 4 is 29.0 Å². The Morgan fingerprint density at radius 3 is 2.00 bits per heavy atom. The maximum atomic E-state index is 11.5. The molecule has 18 heavy (non-hydrogen) atoms. The Morgan fingerprint density at radius 1 is 0.944 bits per heavy atom. The van der Waals surface area contributed by atoms with Crippen molar-refractivity contribution in [1.29, 1.82) is 0 Å². The Hall–Kier alpha value is -1.31. The Bertz CT molecular complexity index is 553. The molecule has 0 bridgehead atoms. The van der Waals surface area contributed by atoms with Crippen LogP contribution in [0.1, 0.15) is 23.7 Å². The molecule has 0 N–H and O–H groups in total. The van der Waals surface area contributed by atoms with Crippen molar-refractivity contribution < 1.29 is 4.79 Å². The van der Waals surface area contributed by atoms with Gasteiger partial charge in [0.25, 0.3) is 0 Å². The molecule has 0 aliphatic carbocycles. The summed E-state index contributed by atoms with van der Waals surface area (Å²) in [6, 6.07) is 12.9. The predicted octanol–water partition coefficient (Wildman–Crippen LogP) is 5.25. The Morgan fingerprint density at radius 2 is 1.50 bits per heavy atom. The predicted molar refractivity (Wildman–Crippen MR) is 76.5 cm³/mol. The van der Waals surface area contributed by atoms with Gasteiger partial charge in [-0.05, 0) is 29.3 Å². The first-order valence-electron chi connectivity index (χ1n) is 5.70. The number of rotatable bonds is 3. The van der Waals surface area contributed by atoms with Gasteiger partial charge in [-0.1, -0.05) is 54.4 Å². The van der Waals surface area contributed by atoms with Crippen LogP contribution in [-0.4, -0.2) is 5.78 Å². The van der Waals surface area contributed by atoms with Gasteiger partial charge in [0.15, 0.2) is 5.78 Å². The fraction of sp³-hybridized carbons (Fsp3) is 0.133. The van der Waals surface area contributed by atoms with Gasteiger partial charge in [0.2, 0.25) is 0 Å². The minimum atomic E-state index is 0.144. The highest BCUT2D eigenvalue weighted by Gasteiger charge is 2.05. The molecule has 0 spiro atoms. The number of hydrogen-bond acceptors (Lipinski definition) is 1. The molecule has 3 heteroatoms. The molecule has 0 fully saturated rings. The Balaban J connectivity index is 2.37. The number of carbonyl (C=O) groups excluding carboxylic acids is 1. The molecule has 0 atom stereocenters. The van der Waals surface area contributed by atoms with Gasteiger partial charge >= 0.3 is 0 Å². The third-order valence-electron chi connectivity index (χ3n) is 2.72. The van der Waals surface area contributed by atoms with E-state index in [2.05, 4.69) is 0 Å². The minimum absolute atomic E-state index is 0.144. The quantitative estimate of drug-likeness (QED) is 0.701. The van der Waals surface area contributed by atoms with Gasteiger partial charge in [-0.15, -0.1) is 0 Å². The van der Waals surface area contributed by atoms with E-state index in [4.69, 9.17) is 23.2 Å². The van der Waals surface area contributed by atoms with Gasteiger partial charge in [-0.3, -0.25) is 4.79 Å². The lowest BCUT2D eigenvalue weighted by Gasteiger charge is -2.05. The number of carbonyl (C=O) groups is 1. The van der Waals surface area contributed by atoms with E-state index in [1.54, 1.807) is 6.07 Å². The van der Waals surface area contributed by atoms with Crippen LogP contribution in [0, 0.1) is 0 Å². The van der Waals surface area contributed by atoms with Gasteiger partial charge in [-0.25, -0.2) is 0 Å². The molecule has 2 aromatic carbocycles. The number of Topliss-reactive ketones (excluding diaryl/α,β-unsaturated/α-hetero) is 1. The number of benzene rings is 2. The first kappa shape index (κ1) is 13.1. The summed E-state index contributed by atoms with van der Waals surface area (Å²) in [5.74, 6) is 0.144. The molecule has 0 radical (unpaired) electrons. The van der Waals surface area contributed by atoms with E-state index in [0.29, 0.717) is 16.5 Å². The topological polar surface area (TPSA) is 17.1 Å². The smallest absolute Gasteiger partial charge is 0.162 e. The number of ketones is 1. The number of hydrogen-bond donors (Lipinski definition) is 0. The van der Waals surface area contributed by atoms with Crippen molar-refractivity contribution in [3.05, 3.63) is 58.1 Å². The standard InChI is InChI=1S/C15H12Cl2O/c1-2-15(18)11-5-3-10(4-6-11)12-7-13(16)9-14(17)8-12/h3-9H,2H2,1H3. The maximum Gasteiger partial charge on any atom is 0.162 e. The highest BCUT2D eigenvalue weighted by Crippen LogP contribution is 2.27. The normalized spacial score (nSPS) is 10.4. The summed E-state index contributed by atoms with van der Waals surface area (Å²) in [5.41, 5.74) is 2.67. The molecule has 0 aromatic heterocycles. The zero-order valence-corrected chi connectivity index (χ0v) is 11.4. The van der Waals surface area contributed by atoms with Crippen molar-refractivity contribution in [1.82, 2.24) is 0 Å². The summed E-state index contributed by atoms with van der Waals surface area (Å²) in [6.45, 7) is 1.85. The Kier molecular flexibility index (Phi) is 4.05. The summed E-state index contributed by atoms with van der Waals surface area (Å²) in [7, 11) is 0. The summed E-state index contributed by atoms with van der Waals surface area (Å²) in [6.07, 6.45) is 0.516. The third kappa shape index (κ3) is 2.92. The van der Waals surface area contributed by atoms with Gasteiger partial charge in [0.05, 0.1) is 0 Å². The number of halogens is 2. The molecule has 1 nitrogen and oxygen atoms in total. The molecular formula is C15H12Cl2O. The molecule has 2 aromatic rings. The minimum Gasteiger partial charge on any atom is -0.294 e. The van der Waals surface area contributed by atoms with Crippen molar-refractivity contribution in [2.24, 2.45) is 0 Å². The second-order valence-corrected chi connectivity index (χ2v) is 4.89. The average Bonchev–Trinajstić information content (AvgIpc) is 2.37. The van der Waals surface area contributed by atoms with Crippen LogP contribution in [0.25, 0.3) is 11.1 Å². The summed E-state index contributed by atoms with van der Waals surface area (Å²) in [5, 5.41) is 1.21. The first-order valence-corrected chi connectivity index (χ1v) is 6.45. The van der Waals surface area contributed by atoms with Crippen LogP contribution >= 0.6 is 23.2 Å². The zero-order valence-electron chi connectivity index (χ0n) is 9.91. The lowest BCUT2D eigenvalue weighted by atomic mass is 10.0. The van der Waals surface area contributed by atoms with Crippen LogP contribution in [0.4, 0.5) is 0 Å². The fourth-order valence-corrected chi connectivity index (χ4v) is 2.30. The van der Waals surface area contributed by atoms with Crippen LogP contribution in [0.3, 0.4) is 0 Å². The summed E-state index contributed by atoms with van der Waals surface area (Å²) < 4.78 is 0. The van der Waals surface area contributed by atoms with E-state index in [1.165, 1.54) is 0 Å². The lowest BCUT2D eigenvalue weighted by molar-refractivity contribution is 0.0988. The molecule has 0 saturated heterocycles. The zero-order chi connectivity index (χ0) is 13.1. The molecule has 2 rings (SSSR count). The van der Waals surface area contributed by atoms with Gasteiger partial charge in [0, 0.05) is 22.0 Å². The van der Waals surface area contributed by atoms with E-state index >= 15 is 0 Å². The molecule has 0 aliphatic rings. The lowest BCUT2D eigenvalue weighted by Crippen LogP contribution is -1.95. The van der Waals surface area contributed by atoms with Gasteiger partial charge in [0.1, 0.15) is 0 Å². The first-order chi connectivity index (χ1) is 8.60. The Labute approximate surface area is 116 Å². The van der Waals surface area contributed by atoms with Crippen molar-refractivity contribution in [2.45, 2.75) is 13.3 Å².